The fourth-order valence-corrected chi connectivity index (χ4v) is 7.43. The SMILES string of the molecule is Cc1ccc(NC(=O)N2Cc3c(sc4c3CCCC4)-n3cccc3[C@@H]2c2cccs2)cc1Cl. The van der Waals surface area contributed by atoms with E-state index in [4.69, 9.17) is 11.6 Å². The predicted molar refractivity (Wildman–Crippen MR) is 137 cm³/mol. The summed E-state index contributed by atoms with van der Waals surface area (Å²) in [5.41, 5.74) is 5.61. The fraction of sp³-hybridized carbons (Fsp3) is 0.269. The number of hydrogen-bond donors (Lipinski definition) is 1. The van der Waals surface area contributed by atoms with Crippen LogP contribution < -0.4 is 5.32 Å². The van der Waals surface area contributed by atoms with Gasteiger partial charge in [0.2, 0.25) is 0 Å². The van der Waals surface area contributed by atoms with E-state index in [1.807, 2.05) is 41.4 Å². The monoisotopic (exact) mass is 493 g/mol. The summed E-state index contributed by atoms with van der Waals surface area (Å²) < 4.78 is 2.32. The molecule has 2 aliphatic rings. The van der Waals surface area contributed by atoms with E-state index >= 15 is 0 Å². The van der Waals surface area contributed by atoms with E-state index in [2.05, 4.69) is 45.7 Å². The molecule has 33 heavy (non-hydrogen) atoms. The second-order valence-corrected chi connectivity index (χ2v) is 11.2. The van der Waals surface area contributed by atoms with Crippen LogP contribution in [0.2, 0.25) is 5.02 Å². The van der Waals surface area contributed by atoms with Gasteiger partial charge in [-0.1, -0.05) is 23.7 Å². The Bertz CT molecular complexity index is 1340. The maximum Gasteiger partial charge on any atom is 0.323 e. The van der Waals surface area contributed by atoms with Crippen molar-refractivity contribution in [2.75, 3.05) is 5.32 Å². The zero-order valence-electron chi connectivity index (χ0n) is 18.3. The van der Waals surface area contributed by atoms with Gasteiger partial charge in [0, 0.05) is 32.2 Å². The van der Waals surface area contributed by atoms with E-state index in [1.165, 1.54) is 33.8 Å². The maximum absolute atomic E-state index is 13.8. The summed E-state index contributed by atoms with van der Waals surface area (Å²) in [7, 11) is 0. The van der Waals surface area contributed by atoms with E-state index in [0.717, 1.165) is 29.0 Å². The third-order valence-corrected chi connectivity index (χ3v) is 9.34. The molecule has 0 spiro atoms. The van der Waals surface area contributed by atoms with Gasteiger partial charge in [-0.3, -0.25) is 0 Å². The number of rotatable bonds is 2. The predicted octanol–water partition coefficient (Wildman–Crippen LogP) is 7.58. The van der Waals surface area contributed by atoms with Crippen LogP contribution in [0.3, 0.4) is 0 Å². The number of urea groups is 1. The zero-order valence-corrected chi connectivity index (χ0v) is 20.7. The highest BCUT2D eigenvalue weighted by molar-refractivity contribution is 7.15. The highest BCUT2D eigenvalue weighted by Gasteiger charge is 2.36. The number of benzene rings is 1. The number of anilines is 1. The van der Waals surface area contributed by atoms with Crippen molar-refractivity contribution in [2.24, 2.45) is 0 Å². The summed E-state index contributed by atoms with van der Waals surface area (Å²) >= 11 is 9.94. The van der Waals surface area contributed by atoms with Crippen molar-refractivity contribution < 1.29 is 4.79 Å². The maximum atomic E-state index is 13.8. The van der Waals surface area contributed by atoms with Crippen molar-refractivity contribution in [3.8, 4) is 5.00 Å². The minimum Gasteiger partial charge on any atom is -0.310 e. The van der Waals surface area contributed by atoms with Gasteiger partial charge in [-0.15, -0.1) is 22.7 Å². The van der Waals surface area contributed by atoms with Gasteiger partial charge in [0.05, 0.1) is 12.2 Å². The van der Waals surface area contributed by atoms with Crippen LogP contribution in [0, 0.1) is 6.92 Å². The summed E-state index contributed by atoms with van der Waals surface area (Å²) in [6.07, 6.45) is 6.87. The Labute approximate surface area is 206 Å². The fourth-order valence-electron chi connectivity index (χ4n) is 5.00. The molecule has 4 nitrogen and oxygen atoms in total. The lowest BCUT2D eigenvalue weighted by Gasteiger charge is -2.30. The molecule has 0 fully saturated rings. The van der Waals surface area contributed by atoms with Crippen molar-refractivity contribution in [2.45, 2.75) is 45.2 Å². The Morgan fingerprint density at radius 1 is 1.12 bits per heavy atom. The number of carbonyl (C=O) groups is 1. The first kappa shape index (κ1) is 21.0. The molecular weight excluding hydrogens is 470 g/mol. The minimum absolute atomic E-state index is 0.107. The second kappa shape index (κ2) is 8.35. The molecular formula is C26H24ClN3OS2. The van der Waals surface area contributed by atoms with E-state index in [0.29, 0.717) is 17.3 Å². The Morgan fingerprint density at radius 3 is 2.82 bits per heavy atom. The van der Waals surface area contributed by atoms with E-state index in [1.54, 1.807) is 11.3 Å². The lowest BCUT2D eigenvalue weighted by Crippen LogP contribution is -2.37. The van der Waals surface area contributed by atoms with Crippen LogP contribution >= 0.6 is 34.3 Å². The minimum atomic E-state index is -0.153. The summed E-state index contributed by atoms with van der Waals surface area (Å²) in [5, 5.41) is 7.14. The number of fused-ring (bicyclic) bond motifs is 5. The molecule has 0 radical (unpaired) electrons. The number of hydrogen-bond acceptors (Lipinski definition) is 3. The molecule has 7 heteroatoms. The molecule has 1 N–H and O–H groups in total. The van der Waals surface area contributed by atoms with Gasteiger partial charge < -0.3 is 14.8 Å². The van der Waals surface area contributed by atoms with Gasteiger partial charge in [0.1, 0.15) is 11.0 Å². The molecule has 168 valence electrons. The normalized spacial score (nSPS) is 17.2. The van der Waals surface area contributed by atoms with Crippen LogP contribution in [0.15, 0.2) is 54.0 Å². The van der Waals surface area contributed by atoms with E-state index < -0.39 is 0 Å². The Balaban J connectivity index is 1.47. The number of aromatic nitrogens is 1. The molecule has 0 saturated heterocycles. The largest absolute Gasteiger partial charge is 0.323 e. The number of thiophene rings is 2. The van der Waals surface area contributed by atoms with Gasteiger partial charge >= 0.3 is 6.03 Å². The first-order chi connectivity index (χ1) is 16.1. The van der Waals surface area contributed by atoms with E-state index in [-0.39, 0.29) is 12.1 Å². The lowest BCUT2D eigenvalue weighted by molar-refractivity contribution is 0.195. The molecule has 1 aliphatic carbocycles. The Hall–Kier alpha value is -2.54. The third-order valence-electron chi connectivity index (χ3n) is 6.68. The summed E-state index contributed by atoms with van der Waals surface area (Å²) in [6.45, 7) is 2.56. The first-order valence-corrected chi connectivity index (χ1v) is 13.4. The molecule has 4 aromatic rings. The van der Waals surface area contributed by atoms with Crippen molar-refractivity contribution in [3.05, 3.63) is 91.2 Å². The molecule has 6 rings (SSSR count). The van der Waals surface area contributed by atoms with Crippen LogP contribution in [0.25, 0.3) is 5.00 Å². The van der Waals surface area contributed by atoms with Crippen molar-refractivity contribution in [1.29, 1.82) is 0 Å². The first-order valence-electron chi connectivity index (χ1n) is 11.3. The van der Waals surface area contributed by atoms with Gasteiger partial charge in [-0.05, 0) is 79.4 Å². The molecule has 4 heterocycles. The van der Waals surface area contributed by atoms with Crippen LogP contribution in [-0.2, 0) is 19.4 Å². The highest BCUT2D eigenvalue weighted by Crippen LogP contribution is 2.44. The quantitative estimate of drug-likeness (QED) is 0.307. The van der Waals surface area contributed by atoms with Gasteiger partial charge in [-0.25, -0.2) is 4.79 Å². The van der Waals surface area contributed by atoms with E-state index in [9.17, 15) is 4.79 Å². The number of carbonyl (C=O) groups excluding carboxylic acids is 1. The van der Waals surface area contributed by atoms with Crippen molar-refractivity contribution >= 4 is 46.0 Å². The van der Waals surface area contributed by atoms with Crippen LogP contribution in [-0.4, -0.2) is 15.5 Å². The highest BCUT2D eigenvalue weighted by atomic mass is 35.5. The molecule has 0 unspecified atom stereocenters. The van der Waals surface area contributed by atoms with Crippen LogP contribution in [0.5, 0.6) is 0 Å². The summed E-state index contributed by atoms with van der Waals surface area (Å²) in [5.74, 6) is 0. The van der Waals surface area contributed by atoms with Crippen molar-refractivity contribution in [1.82, 2.24) is 9.47 Å². The van der Waals surface area contributed by atoms with Crippen molar-refractivity contribution in [3.63, 3.8) is 0 Å². The van der Waals surface area contributed by atoms with Gasteiger partial charge in [0.25, 0.3) is 0 Å². The molecule has 3 aromatic heterocycles. The number of amides is 2. The molecule has 1 aliphatic heterocycles. The summed E-state index contributed by atoms with van der Waals surface area (Å²) in [6, 6.07) is 13.9. The number of halogens is 1. The molecule has 0 saturated carbocycles. The summed E-state index contributed by atoms with van der Waals surface area (Å²) in [4.78, 5) is 18.5. The number of aryl methyl sites for hydroxylation is 2. The average molecular weight is 494 g/mol. The number of nitrogens with zero attached hydrogens (tertiary/aromatic N) is 2. The van der Waals surface area contributed by atoms with Gasteiger partial charge in [-0.2, -0.15) is 0 Å². The number of nitrogens with one attached hydrogen (secondary N) is 1. The second-order valence-electron chi connectivity index (χ2n) is 8.74. The average Bonchev–Trinajstić information content (AvgIpc) is 3.56. The lowest BCUT2D eigenvalue weighted by atomic mass is 9.95. The zero-order chi connectivity index (χ0) is 22.5. The Kier molecular flexibility index (Phi) is 5.32. The molecule has 0 bridgehead atoms. The van der Waals surface area contributed by atoms with Crippen LogP contribution in [0.4, 0.5) is 10.5 Å². The molecule has 1 atom stereocenters. The van der Waals surface area contributed by atoms with Crippen LogP contribution in [0.1, 0.15) is 51.0 Å². The molecule has 1 aromatic carbocycles. The topological polar surface area (TPSA) is 37.3 Å². The third kappa shape index (κ3) is 3.61. The smallest absolute Gasteiger partial charge is 0.310 e. The Morgan fingerprint density at radius 2 is 2.00 bits per heavy atom. The molecule has 2 amide bonds. The standard InChI is InChI=1S/C26H24ClN3OS2/c1-16-10-11-17(14-20(16)27)28-26(31)30-15-19-18-6-2-3-8-22(18)33-25(19)29-12-4-7-21(29)24(30)23-9-5-13-32-23/h4-5,7,9-14,24H,2-3,6,8,15H2,1H3,(H,28,31)/t24-/m1/s1. The van der Waals surface area contributed by atoms with Gasteiger partial charge in [0.15, 0.2) is 0 Å².